The number of halogens is 1. The fourth-order valence-corrected chi connectivity index (χ4v) is 8.28. The van der Waals surface area contributed by atoms with Crippen molar-refractivity contribution in [2.45, 2.75) is 114 Å². The van der Waals surface area contributed by atoms with Gasteiger partial charge in [0, 0.05) is 59.9 Å². The van der Waals surface area contributed by atoms with Gasteiger partial charge in [0.25, 0.3) is 0 Å². The van der Waals surface area contributed by atoms with E-state index in [2.05, 4.69) is 25.0 Å². The number of urea groups is 1. The molecule has 1 aromatic rings. The number of rotatable bonds is 16. The number of piperidine rings is 1. The number of hydrogen-bond acceptors (Lipinski definition) is 3. The fraction of sp³-hybridized carbons (Fsp3) is 0.765. The molecular weight excluding hydrogens is 561 g/mol. The molecule has 1 aromatic carbocycles. The first-order valence-electron chi connectivity index (χ1n) is 16.8. The van der Waals surface area contributed by atoms with Gasteiger partial charge >= 0.3 is 12.1 Å². The summed E-state index contributed by atoms with van der Waals surface area (Å²) in [7, 11) is 0.394. The Kier molecular flexibility index (Phi) is 14.3. The lowest BCUT2D eigenvalue weighted by Crippen LogP contribution is -2.54. The van der Waals surface area contributed by atoms with Crippen molar-refractivity contribution in [2.24, 2.45) is 11.8 Å². The summed E-state index contributed by atoms with van der Waals surface area (Å²) in [6, 6.07) is 10.1. The molecule has 3 atom stereocenters. The van der Waals surface area contributed by atoms with Gasteiger partial charge in [-0.05, 0) is 56.4 Å². The van der Waals surface area contributed by atoms with Crippen LogP contribution < -0.4 is 5.32 Å². The van der Waals surface area contributed by atoms with Crippen molar-refractivity contribution >= 4 is 20.2 Å². The first-order valence-corrected chi connectivity index (χ1v) is 20.5. The number of carbonyl (C=O) groups excluding carboxylic acids is 1. The minimum absolute atomic E-state index is 0.187. The highest BCUT2D eigenvalue weighted by molar-refractivity contribution is 6.76. The van der Waals surface area contributed by atoms with Crippen molar-refractivity contribution in [2.75, 3.05) is 39.9 Å². The zero-order valence-electron chi connectivity index (χ0n) is 27.3. The van der Waals surface area contributed by atoms with Gasteiger partial charge in [0.05, 0.1) is 0 Å². The molecule has 3 amide bonds. The molecule has 0 radical (unpaired) electrons. The molecule has 1 heterocycles. The van der Waals surface area contributed by atoms with Crippen LogP contribution in [0.2, 0.25) is 25.7 Å². The number of amides is 3. The number of carbonyl (C=O) groups is 2. The highest BCUT2D eigenvalue weighted by atomic mass is 28.3. The van der Waals surface area contributed by atoms with Gasteiger partial charge in [0.1, 0.15) is 5.67 Å². The Morgan fingerprint density at radius 1 is 1.09 bits per heavy atom. The number of alkyl halides is 1. The van der Waals surface area contributed by atoms with Gasteiger partial charge in [-0.2, -0.15) is 0 Å². The van der Waals surface area contributed by atoms with Gasteiger partial charge in [0.2, 0.25) is 0 Å². The SMILES string of the molecule is COCCCCC(F)(c1ccccc1)[C@@H]1CCCN(C(=O)N[C@@H](CC2CCCCC2)CN(CCC[Si](C)(C)C)C(=O)O)C1. The largest absolute Gasteiger partial charge is 0.465 e. The molecule has 7 nitrogen and oxygen atoms in total. The van der Waals surface area contributed by atoms with Gasteiger partial charge in [-0.15, -0.1) is 0 Å². The first kappa shape index (κ1) is 35.3. The summed E-state index contributed by atoms with van der Waals surface area (Å²) >= 11 is 0. The summed E-state index contributed by atoms with van der Waals surface area (Å²) in [5.74, 6) is 0.195. The highest BCUT2D eigenvalue weighted by Crippen LogP contribution is 2.43. The monoisotopic (exact) mass is 619 g/mol. The molecule has 1 aliphatic heterocycles. The van der Waals surface area contributed by atoms with Crippen LogP contribution in [0.1, 0.15) is 82.6 Å². The van der Waals surface area contributed by atoms with E-state index in [1.807, 2.05) is 30.3 Å². The minimum Gasteiger partial charge on any atom is -0.465 e. The Balaban J connectivity index is 1.71. The Bertz CT molecular complexity index is 972. The molecule has 9 heteroatoms. The van der Waals surface area contributed by atoms with E-state index in [0.29, 0.717) is 57.1 Å². The lowest BCUT2D eigenvalue weighted by atomic mass is 9.75. The number of hydrogen-bond donors (Lipinski definition) is 2. The standard InChI is InChI=1S/C34H58FN3O4Si/c1-42-23-12-11-20-34(35,29-17-9-6-10-18-29)30-19-13-21-37(26-30)32(39)36-31(25-28-15-7-5-8-16-28)27-38(33(40)41)22-14-24-43(2,3)4/h6,9-10,17-18,28,30-31H,5,7-8,11-16,19-27H2,1-4H3,(H,36,39)(H,40,41)/t30-,31+,34?/m1/s1. The van der Waals surface area contributed by atoms with Crippen molar-refractivity contribution in [1.29, 1.82) is 0 Å². The molecule has 1 unspecified atom stereocenters. The number of nitrogens with zero attached hydrogens (tertiary/aromatic N) is 2. The molecule has 1 saturated carbocycles. The highest BCUT2D eigenvalue weighted by Gasteiger charge is 2.43. The van der Waals surface area contributed by atoms with Gasteiger partial charge in [-0.1, -0.05) is 88.1 Å². The van der Waals surface area contributed by atoms with E-state index in [4.69, 9.17) is 4.74 Å². The van der Waals surface area contributed by atoms with E-state index in [-0.39, 0.29) is 18.0 Å². The minimum atomic E-state index is -1.52. The number of ether oxygens (including phenoxy) is 1. The number of methoxy groups -OCH3 is 1. The van der Waals surface area contributed by atoms with Gasteiger partial charge in [-0.25, -0.2) is 14.0 Å². The van der Waals surface area contributed by atoms with Crippen LogP contribution in [0.3, 0.4) is 0 Å². The van der Waals surface area contributed by atoms with Crippen molar-refractivity contribution < 1.29 is 23.8 Å². The van der Waals surface area contributed by atoms with E-state index in [0.717, 1.165) is 51.0 Å². The Morgan fingerprint density at radius 2 is 1.81 bits per heavy atom. The fourth-order valence-electron chi connectivity index (χ4n) is 7.06. The molecule has 0 bridgehead atoms. The number of nitrogens with one attached hydrogen (secondary N) is 1. The average molecular weight is 620 g/mol. The topological polar surface area (TPSA) is 82.1 Å². The van der Waals surface area contributed by atoms with E-state index < -0.39 is 19.8 Å². The molecule has 1 aliphatic carbocycles. The maximum Gasteiger partial charge on any atom is 0.407 e. The Morgan fingerprint density at radius 3 is 2.47 bits per heavy atom. The van der Waals surface area contributed by atoms with Crippen LogP contribution in [0.25, 0.3) is 0 Å². The Hall–Kier alpha value is -2.13. The molecule has 1 saturated heterocycles. The summed E-state index contributed by atoms with van der Waals surface area (Å²) in [5.41, 5.74) is -0.836. The average Bonchev–Trinajstić information content (AvgIpc) is 2.99. The molecular formula is C34H58FN3O4Si. The number of benzene rings is 1. The third-order valence-electron chi connectivity index (χ3n) is 9.48. The van der Waals surface area contributed by atoms with Crippen molar-refractivity contribution in [3.05, 3.63) is 35.9 Å². The summed E-state index contributed by atoms with van der Waals surface area (Å²) in [5, 5.41) is 13.3. The molecule has 43 heavy (non-hydrogen) atoms. The van der Waals surface area contributed by atoms with Crippen LogP contribution >= 0.6 is 0 Å². The van der Waals surface area contributed by atoms with Crippen molar-refractivity contribution in [3.8, 4) is 0 Å². The van der Waals surface area contributed by atoms with E-state index >= 15 is 4.39 Å². The molecule has 2 N–H and O–H groups in total. The van der Waals surface area contributed by atoms with E-state index in [1.54, 1.807) is 12.0 Å². The summed E-state index contributed by atoms with van der Waals surface area (Å²) in [6.45, 7) is 9.27. The lowest BCUT2D eigenvalue weighted by Gasteiger charge is -2.42. The number of unbranched alkanes of at least 4 members (excludes halogenated alkanes) is 1. The zero-order valence-corrected chi connectivity index (χ0v) is 28.3. The van der Waals surface area contributed by atoms with Crippen LogP contribution in [-0.4, -0.2) is 81.0 Å². The third-order valence-corrected chi connectivity index (χ3v) is 11.3. The van der Waals surface area contributed by atoms with Crippen LogP contribution in [-0.2, 0) is 10.4 Å². The molecule has 0 aromatic heterocycles. The van der Waals surface area contributed by atoms with Crippen molar-refractivity contribution in [3.63, 3.8) is 0 Å². The summed E-state index contributed by atoms with van der Waals surface area (Å²) < 4.78 is 22.2. The van der Waals surface area contributed by atoms with Gasteiger partial charge in [0.15, 0.2) is 0 Å². The third kappa shape index (κ3) is 11.7. The number of likely N-dealkylation sites (tertiary alicyclic amines) is 1. The first-order chi connectivity index (χ1) is 20.5. The molecule has 0 spiro atoms. The maximum absolute atomic E-state index is 17.0. The lowest BCUT2D eigenvalue weighted by molar-refractivity contribution is 0.0206. The maximum atomic E-state index is 17.0. The smallest absolute Gasteiger partial charge is 0.407 e. The molecule has 2 aliphatic rings. The molecule has 244 valence electrons. The second kappa shape index (κ2) is 17.4. The Labute approximate surface area is 260 Å². The second-order valence-electron chi connectivity index (χ2n) is 14.2. The quantitative estimate of drug-likeness (QED) is 0.145. The van der Waals surface area contributed by atoms with Crippen LogP contribution in [0.15, 0.2) is 30.3 Å². The van der Waals surface area contributed by atoms with Crippen molar-refractivity contribution in [1.82, 2.24) is 15.1 Å². The predicted molar refractivity (Wildman–Crippen MR) is 175 cm³/mol. The normalized spacial score (nSPS) is 20.3. The van der Waals surface area contributed by atoms with Crippen LogP contribution in [0, 0.1) is 11.8 Å². The van der Waals surface area contributed by atoms with Crippen LogP contribution in [0.4, 0.5) is 14.0 Å². The van der Waals surface area contributed by atoms with E-state index in [9.17, 15) is 14.7 Å². The zero-order chi connectivity index (χ0) is 31.3. The predicted octanol–water partition coefficient (Wildman–Crippen LogP) is 8.14. The number of carboxylic acid groups (broad SMARTS) is 1. The summed E-state index contributed by atoms with van der Waals surface area (Å²) in [6.07, 6.45) is 10.0. The molecule has 2 fully saturated rings. The second-order valence-corrected chi connectivity index (χ2v) is 19.9. The summed E-state index contributed by atoms with van der Waals surface area (Å²) in [4.78, 5) is 29.3. The van der Waals surface area contributed by atoms with Gasteiger partial charge in [-0.3, -0.25) is 0 Å². The van der Waals surface area contributed by atoms with Gasteiger partial charge < -0.3 is 25.0 Å². The van der Waals surface area contributed by atoms with Crippen LogP contribution in [0.5, 0.6) is 0 Å². The van der Waals surface area contributed by atoms with E-state index in [1.165, 1.54) is 24.2 Å². The molecule has 3 rings (SSSR count).